The van der Waals surface area contributed by atoms with Crippen LogP contribution in [0.15, 0.2) is 12.1 Å². The van der Waals surface area contributed by atoms with Gasteiger partial charge in [0.1, 0.15) is 11.4 Å². The monoisotopic (exact) mass is 501 g/mol. The fourth-order valence-electron chi connectivity index (χ4n) is 5.37. The van der Waals surface area contributed by atoms with Gasteiger partial charge in [-0.15, -0.1) is 0 Å². The highest BCUT2D eigenvalue weighted by molar-refractivity contribution is 5.92. The van der Waals surface area contributed by atoms with Crippen LogP contribution in [0.2, 0.25) is 0 Å². The number of carbonyl (C=O) groups excluding carboxylic acids is 1. The highest BCUT2D eigenvalue weighted by atomic mass is 16.5. The van der Waals surface area contributed by atoms with E-state index in [9.17, 15) is 9.59 Å². The van der Waals surface area contributed by atoms with E-state index in [1.807, 2.05) is 19.1 Å². The van der Waals surface area contributed by atoms with E-state index in [0.717, 1.165) is 59.6 Å². The molecule has 0 aliphatic carbocycles. The summed E-state index contributed by atoms with van der Waals surface area (Å²) in [4.78, 5) is 22.7. The quantitative estimate of drug-likeness (QED) is 0.239. The first-order valence-corrected chi connectivity index (χ1v) is 14.3. The lowest BCUT2D eigenvalue weighted by Crippen LogP contribution is -2.36. The molecule has 5 heteroatoms. The lowest BCUT2D eigenvalue weighted by atomic mass is 9.85. The molecule has 0 fully saturated rings. The van der Waals surface area contributed by atoms with Gasteiger partial charge >= 0.3 is 5.97 Å². The number of rotatable bonds is 16. The van der Waals surface area contributed by atoms with Crippen molar-refractivity contribution < 1.29 is 19.4 Å². The van der Waals surface area contributed by atoms with Crippen LogP contribution in [0.3, 0.4) is 0 Å². The maximum absolute atomic E-state index is 12.0. The van der Waals surface area contributed by atoms with E-state index in [-0.39, 0.29) is 24.3 Å². The molecule has 3 atom stereocenters. The summed E-state index contributed by atoms with van der Waals surface area (Å²) in [5.41, 5.74) is 2.71. The number of carboxylic acid groups (broad SMARTS) is 1. The van der Waals surface area contributed by atoms with Crippen molar-refractivity contribution in [2.45, 2.75) is 131 Å². The molecule has 2 rings (SSSR count). The molecular formula is C31H51NO4. The van der Waals surface area contributed by atoms with Crippen LogP contribution in [-0.4, -0.2) is 22.6 Å². The largest absolute Gasteiger partial charge is 0.487 e. The molecule has 0 saturated heterocycles. The molecule has 0 radical (unpaired) electrons. The number of aryl methyl sites for hydroxylation is 2. The molecule has 2 N–H and O–H groups in total. The molecule has 1 aromatic rings. The third-order valence-corrected chi connectivity index (χ3v) is 7.75. The number of hydrogen-bond donors (Lipinski definition) is 2. The zero-order valence-corrected chi connectivity index (χ0v) is 23.8. The van der Waals surface area contributed by atoms with E-state index < -0.39 is 5.97 Å². The second-order valence-electron chi connectivity index (χ2n) is 12.1. The van der Waals surface area contributed by atoms with Crippen molar-refractivity contribution in [3.63, 3.8) is 0 Å². The summed E-state index contributed by atoms with van der Waals surface area (Å²) in [7, 11) is 0. The van der Waals surface area contributed by atoms with E-state index in [1.165, 1.54) is 51.4 Å². The van der Waals surface area contributed by atoms with E-state index in [1.54, 1.807) is 0 Å². The van der Waals surface area contributed by atoms with Crippen LogP contribution in [0, 0.1) is 24.7 Å². The first-order chi connectivity index (χ1) is 17.0. The standard InChI is InChI=1S/C31H51NO4/c1-22(2)10-7-11-23(3)12-8-13-24(4)14-9-18-31(6)19-17-26-21-27(20-25(5)30(26)36-31)32-28(33)15-16-29(34)35/h20-24H,7-19H2,1-6H3,(H,32,33)(H,34,35). The number of benzene rings is 1. The molecule has 0 spiro atoms. The number of amides is 1. The van der Waals surface area contributed by atoms with Gasteiger partial charge in [0.15, 0.2) is 0 Å². The lowest BCUT2D eigenvalue weighted by Gasteiger charge is -2.37. The van der Waals surface area contributed by atoms with Crippen molar-refractivity contribution in [3.05, 3.63) is 23.3 Å². The number of anilines is 1. The van der Waals surface area contributed by atoms with Crippen LogP contribution in [0.25, 0.3) is 0 Å². The second kappa shape index (κ2) is 14.6. The van der Waals surface area contributed by atoms with Crippen LogP contribution >= 0.6 is 0 Å². The zero-order valence-electron chi connectivity index (χ0n) is 23.8. The number of carboxylic acids is 1. The fourth-order valence-corrected chi connectivity index (χ4v) is 5.37. The summed E-state index contributed by atoms with van der Waals surface area (Å²) >= 11 is 0. The van der Waals surface area contributed by atoms with E-state index >= 15 is 0 Å². The SMILES string of the molecule is Cc1cc(NC(=O)CCC(=O)O)cc2c1OC(C)(CCCC(C)CCCC(C)CCCC(C)C)CC2. The molecule has 1 aliphatic rings. The Kier molecular flexibility index (Phi) is 12.3. The van der Waals surface area contributed by atoms with Gasteiger partial charge in [-0.1, -0.05) is 72.6 Å². The van der Waals surface area contributed by atoms with E-state index in [0.29, 0.717) is 0 Å². The van der Waals surface area contributed by atoms with Gasteiger partial charge in [-0.2, -0.15) is 0 Å². The maximum atomic E-state index is 12.0. The molecule has 1 aliphatic heterocycles. The average molecular weight is 502 g/mol. The smallest absolute Gasteiger partial charge is 0.303 e. The van der Waals surface area contributed by atoms with Crippen molar-refractivity contribution in [3.8, 4) is 5.75 Å². The second-order valence-corrected chi connectivity index (χ2v) is 12.1. The Morgan fingerprint density at radius 1 is 0.972 bits per heavy atom. The predicted molar refractivity (Wildman–Crippen MR) is 149 cm³/mol. The first-order valence-electron chi connectivity index (χ1n) is 14.3. The van der Waals surface area contributed by atoms with Gasteiger partial charge in [-0.05, 0) is 80.5 Å². The molecule has 1 aromatic carbocycles. The first kappa shape index (κ1) is 30.2. The minimum absolute atomic E-state index is 0.0181. The summed E-state index contributed by atoms with van der Waals surface area (Å²) in [6, 6.07) is 3.90. The van der Waals surface area contributed by atoms with Gasteiger partial charge in [-0.3, -0.25) is 9.59 Å². The van der Waals surface area contributed by atoms with Crippen LogP contribution < -0.4 is 10.1 Å². The Bertz CT molecular complexity index is 849. The number of aliphatic carboxylic acids is 1. The Hall–Kier alpha value is -2.04. The van der Waals surface area contributed by atoms with Gasteiger partial charge in [0.25, 0.3) is 0 Å². The van der Waals surface area contributed by atoms with Gasteiger partial charge in [0, 0.05) is 12.1 Å². The molecular weight excluding hydrogens is 450 g/mol. The third-order valence-electron chi connectivity index (χ3n) is 7.75. The number of fused-ring (bicyclic) bond motifs is 1. The molecule has 1 amide bonds. The van der Waals surface area contributed by atoms with Crippen molar-refractivity contribution >= 4 is 17.6 Å². The van der Waals surface area contributed by atoms with Gasteiger partial charge in [-0.25, -0.2) is 0 Å². The molecule has 0 bridgehead atoms. The van der Waals surface area contributed by atoms with Crippen LogP contribution in [-0.2, 0) is 16.0 Å². The minimum Gasteiger partial charge on any atom is -0.487 e. The van der Waals surface area contributed by atoms with E-state index in [2.05, 4.69) is 39.9 Å². The lowest BCUT2D eigenvalue weighted by molar-refractivity contribution is -0.138. The number of carbonyl (C=O) groups is 2. The van der Waals surface area contributed by atoms with E-state index in [4.69, 9.17) is 9.84 Å². The Labute approximate surface area is 219 Å². The Morgan fingerprint density at radius 3 is 2.19 bits per heavy atom. The molecule has 1 heterocycles. The Morgan fingerprint density at radius 2 is 1.58 bits per heavy atom. The Balaban J connectivity index is 1.75. The highest BCUT2D eigenvalue weighted by Gasteiger charge is 2.32. The van der Waals surface area contributed by atoms with Crippen molar-refractivity contribution in [1.82, 2.24) is 0 Å². The molecule has 0 saturated carbocycles. The average Bonchev–Trinajstić information content (AvgIpc) is 2.78. The zero-order chi connectivity index (χ0) is 26.7. The summed E-state index contributed by atoms with van der Waals surface area (Å²) in [5, 5.41) is 11.6. The fraction of sp³-hybridized carbons (Fsp3) is 0.742. The predicted octanol–water partition coefficient (Wildman–Crippen LogP) is 8.32. The van der Waals surface area contributed by atoms with Crippen LogP contribution in [0.5, 0.6) is 5.75 Å². The summed E-state index contributed by atoms with van der Waals surface area (Å²) in [6.07, 6.45) is 13.4. The third kappa shape index (κ3) is 10.9. The molecule has 0 aromatic heterocycles. The molecule has 3 unspecified atom stereocenters. The minimum atomic E-state index is -0.962. The number of nitrogens with one attached hydrogen (secondary N) is 1. The topological polar surface area (TPSA) is 75.6 Å². The molecule has 36 heavy (non-hydrogen) atoms. The van der Waals surface area contributed by atoms with Crippen molar-refractivity contribution in [2.75, 3.05) is 5.32 Å². The maximum Gasteiger partial charge on any atom is 0.303 e. The molecule has 5 nitrogen and oxygen atoms in total. The van der Waals surface area contributed by atoms with Gasteiger partial charge in [0.05, 0.1) is 6.42 Å². The van der Waals surface area contributed by atoms with Crippen LogP contribution in [0.4, 0.5) is 5.69 Å². The van der Waals surface area contributed by atoms with Crippen LogP contribution in [0.1, 0.15) is 123 Å². The highest BCUT2D eigenvalue weighted by Crippen LogP contribution is 2.40. The molecule has 204 valence electrons. The summed E-state index contributed by atoms with van der Waals surface area (Å²) < 4.78 is 6.55. The number of hydrogen-bond acceptors (Lipinski definition) is 3. The van der Waals surface area contributed by atoms with Gasteiger partial charge < -0.3 is 15.2 Å². The van der Waals surface area contributed by atoms with Crippen molar-refractivity contribution in [1.29, 1.82) is 0 Å². The summed E-state index contributed by atoms with van der Waals surface area (Å²) in [6.45, 7) is 13.7. The normalized spacial score (nSPS) is 18.9. The summed E-state index contributed by atoms with van der Waals surface area (Å²) in [5.74, 6) is 2.16. The van der Waals surface area contributed by atoms with Crippen molar-refractivity contribution in [2.24, 2.45) is 17.8 Å². The number of ether oxygens (including phenoxy) is 1. The van der Waals surface area contributed by atoms with Gasteiger partial charge in [0.2, 0.25) is 5.91 Å².